The molecule has 1 aliphatic heterocycles. The summed E-state index contributed by atoms with van der Waals surface area (Å²) in [6.45, 7) is 9.29. The summed E-state index contributed by atoms with van der Waals surface area (Å²) in [5, 5.41) is 6.49. The molecule has 1 amide bonds. The lowest BCUT2D eigenvalue weighted by molar-refractivity contribution is -0.125. The van der Waals surface area contributed by atoms with Crippen LogP contribution >= 0.6 is 0 Å². The molecular formula is C15H31N3O2. The highest BCUT2D eigenvalue weighted by atomic mass is 16.5. The summed E-state index contributed by atoms with van der Waals surface area (Å²) in [5.74, 6) is 0.569. The van der Waals surface area contributed by atoms with Gasteiger partial charge in [0.1, 0.15) is 0 Å². The van der Waals surface area contributed by atoms with Crippen molar-refractivity contribution in [1.29, 1.82) is 0 Å². The zero-order valence-electron chi connectivity index (χ0n) is 13.6. The third-order valence-electron chi connectivity index (χ3n) is 3.99. The van der Waals surface area contributed by atoms with E-state index in [4.69, 9.17) is 4.74 Å². The highest BCUT2D eigenvalue weighted by molar-refractivity contribution is 5.79. The molecule has 5 nitrogen and oxygen atoms in total. The molecule has 0 bridgehead atoms. The normalized spacial score (nSPS) is 24.4. The van der Waals surface area contributed by atoms with E-state index in [0.717, 1.165) is 13.0 Å². The summed E-state index contributed by atoms with van der Waals surface area (Å²) >= 11 is 0. The second-order valence-corrected chi connectivity index (χ2v) is 6.22. The van der Waals surface area contributed by atoms with Gasteiger partial charge in [0.2, 0.25) is 5.91 Å². The summed E-state index contributed by atoms with van der Waals surface area (Å²) in [7, 11) is 4.11. The molecule has 1 aliphatic rings. The molecule has 1 saturated heterocycles. The first-order valence-electron chi connectivity index (χ1n) is 7.72. The zero-order chi connectivity index (χ0) is 15.1. The van der Waals surface area contributed by atoms with Crippen LogP contribution in [-0.2, 0) is 9.53 Å². The van der Waals surface area contributed by atoms with Crippen molar-refractivity contribution in [1.82, 2.24) is 15.5 Å². The molecule has 118 valence electrons. The van der Waals surface area contributed by atoms with Crippen LogP contribution in [0.3, 0.4) is 0 Å². The van der Waals surface area contributed by atoms with Crippen LogP contribution in [0, 0.1) is 11.8 Å². The Bertz CT molecular complexity index is 287. The Kier molecular flexibility index (Phi) is 7.48. The molecule has 0 saturated carbocycles. The number of ether oxygens (including phenoxy) is 1. The predicted molar refractivity (Wildman–Crippen MR) is 81.7 cm³/mol. The minimum absolute atomic E-state index is 0.0588. The van der Waals surface area contributed by atoms with E-state index in [1.54, 1.807) is 0 Å². The summed E-state index contributed by atoms with van der Waals surface area (Å²) in [6.07, 6.45) is 1.07. The van der Waals surface area contributed by atoms with Crippen LogP contribution in [0.2, 0.25) is 0 Å². The SMILES string of the molecule is CCCNC1COCC1C(=O)NCC(C(C)C)N(C)C. The topological polar surface area (TPSA) is 53.6 Å². The lowest BCUT2D eigenvalue weighted by Gasteiger charge is -2.29. The molecule has 0 aromatic heterocycles. The maximum absolute atomic E-state index is 12.3. The number of amides is 1. The van der Waals surface area contributed by atoms with Gasteiger partial charge >= 0.3 is 0 Å². The fourth-order valence-corrected chi connectivity index (χ4v) is 2.69. The fraction of sp³-hybridized carbons (Fsp3) is 0.933. The van der Waals surface area contributed by atoms with Crippen molar-refractivity contribution in [3.8, 4) is 0 Å². The van der Waals surface area contributed by atoms with Crippen LogP contribution in [-0.4, -0.2) is 63.3 Å². The van der Waals surface area contributed by atoms with Crippen molar-refractivity contribution < 1.29 is 9.53 Å². The molecule has 2 N–H and O–H groups in total. The number of nitrogens with zero attached hydrogens (tertiary/aromatic N) is 1. The van der Waals surface area contributed by atoms with Crippen LogP contribution in [0.1, 0.15) is 27.2 Å². The first-order valence-corrected chi connectivity index (χ1v) is 7.72. The third-order valence-corrected chi connectivity index (χ3v) is 3.99. The maximum Gasteiger partial charge on any atom is 0.227 e. The van der Waals surface area contributed by atoms with Crippen molar-refractivity contribution in [2.75, 3.05) is 40.4 Å². The van der Waals surface area contributed by atoms with Crippen molar-refractivity contribution in [2.45, 2.75) is 39.3 Å². The summed E-state index contributed by atoms with van der Waals surface area (Å²) in [6, 6.07) is 0.523. The Hall–Kier alpha value is -0.650. The van der Waals surface area contributed by atoms with Crippen LogP contribution in [0.5, 0.6) is 0 Å². The molecular weight excluding hydrogens is 254 g/mol. The summed E-state index contributed by atoms with van der Waals surface area (Å²) in [4.78, 5) is 14.5. The second-order valence-electron chi connectivity index (χ2n) is 6.22. The van der Waals surface area contributed by atoms with Gasteiger partial charge in [-0.1, -0.05) is 20.8 Å². The first kappa shape index (κ1) is 17.4. The van der Waals surface area contributed by atoms with Gasteiger partial charge in [-0.25, -0.2) is 0 Å². The van der Waals surface area contributed by atoms with E-state index in [9.17, 15) is 4.79 Å². The van der Waals surface area contributed by atoms with Gasteiger partial charge in [-0.2, -0.15) is 0 Å². The molecule has 0 radical (unpaired) electrons. The van der Waals surface area contributed by atoms with E-state index in [2.05, 4.69) is 50.4 Å². The van der Waals surface area contributed by atoms with E-state index in [1.807, 2.05) is 0 Å². The molecule has 1 rings (SSSR count). The molecule has 3 atom stereocenters. The summed E-state index contributed by atoms with van der Waals surface area (Å²) < 4.78 is 5.46. The average molecular weight is 285 g/mol. The van der Waals surface area contributed by atoms with Gasteiger partial charge in [-0.3, -0.25) is 4.79 Å². The molecule has 0 spiro atoms. The Balaban J connectivity index is 2.44. The van der Waals surface area contributed by atoms with Crippen molar-refractivity contribution in [2.24, 2.45) is 11.8 Å². The number of likely N-dealkylation sites (N-methyl/N-ethyl adjacent to an activating group) is 1. The van der Waals surface area contributed by atoms with Gasteiger partial charge in [0.15, 0.2) is 0 Å². The highest BCUT2D eigenvalue weighted by Crippen LogP contribution is 2.14. The Morgan fingerprint density at radius 3 is 2.60 bits per heavy atom. The number of nitrogens with one attached hydrogen (secondary N) is 2. The van der Waals surface area contributed by atoms with E-state index >= 15 is 0 Å². The zero-order valence-corrected chi connectivity index (χ0v) is 13.6. The molecule has 3 unspecified atom stereocenters. The van der Waals surface area contributed by atoms with Gasteiger partial charge in [0.25, 0.3) is 0 Å². The van der Waals surface area contributed by atoms with Gasteiger partial charge in [-0.15, -0.1) is 0 Å². The van der Waals surface area contributed by atoms with Gasteiger partial charge in [-0.05, 0) is 33.0 Å². The molecule has 0 aliphatic carbocycles. The highest BCUT2D eigenvalue weighted by Gasteiger charge is 2.33. The lowest BCUT2D eigenvalue weighted by Crippen LogP contribution is -2.48. The summed E-state index contributed by atoms with van der Waals surface area (Å²) in [5.41, 5.74) is 0. The van der Waals surface area contributed by atoms with Gasteiger partial charge in [0.05, 0.1) is 19.1 Å². The molecule has 0 aromatic carbocycles. The van der Waals surface area contributed by atoms with Gasteiger partial charge in [0, 0.05) is 18.6 Å². The standard InChI is InChI=1S/C15H31N3O2/c1-6-7-16-13-10-20-9-12(13)15(19)17-8-14(11(2)3)18(4)5/h11-14,16H,6-10H2,1-5H3,(H,17,19). The van der Waals surface area contributed by atoms with Crippen molar-refractivity contribution in [3.63, 3.8) is 0 Å². The van der Waals surface area contributed by atoms with E-state index < -0.39 is 0 Å². The number of rotatable bonds is 8. The number of hydrogen-bond donors (Lipinski definition) is 2. The second kappa shape index (κ2) is 8.60. The molecule has 1 heterocycles. The predicted octanol–water partition coefficient (Wildman–Crippen LogP) is 0.703. The van der Waals surface area contributed by atoms with E-state index in [1.165, 1.54) is 0 Å². The quantitative estimate of drug-likeness (QED) is 0.689. The van der Waals surface area contributed by atoms with Crippen LogP contribution in [0.25, 0.3) is 0 Å². The average Bonchev–Trinajstić information content (AvgIpc) is 2.83. The molecule has 20 heavy (non-hydrogen) atoms. The number of carbonyl (C=O) groups is 1. The minimum Gasteiger partial charge on any atom is -0.379 e. The van der Waals surface area contributed by atoms with E-state index in [0.29, 0.717) is 31.7 Å². The van der Waals surface area contributed by atoms with Crippen LogP contribution in [0.15, 0.2) is 0 Å². The fourth-order valence-electron chi connectivity index (χ4n) is 2.69. The van der Waals surface area contributed by atoms with E-state index in [-0.39, 0.29) is 17.9 Å². The van der Waals surface area contributed by atoms with Crippen molar-refractivity contribution >= 4 is 5.91 Å². The smallest absolute Gasteiger partial charge is 0.227 e. The largest absolute Gasteiger partial charge is 0.379 e. The lowest BCUT2D eigenvalue weighted by atomic mass is 10.0. The van der Waals surface area contributed by atoms with Crippen LogP contribution in [0.4, 0.5) is 0 Å². The Morgan fingerprint density at radius 2 is 2.05 bits per heavy atom. The monoisotopic (exact) mass is 285 g/mol. The number of carbonyl (C=O) groups excluding carboxylic acids is 1. The first-order chi connectivity index (χ1) is 9.47. The number of hydrogen-bond acceptors (Lipinski definition) is 4. The Morgan fingerprint density at radius 1 is 1.35 bits per heavy atom. The third kappa shape index (κ3) is 5.04. The molecule has 5 heteroatoms. The van der Waals surface area contributed by atoms with Gasteiger partial charge < -0.3 is 20.3 Å². The molecule has 1 fully saturated rings. The van der Waals surface area contributed by atoms with Crippen LogP contribution < -0.4 is 10.6 Å². The minimum atomic E-state index is -0.0588. The Labute approximate surface area is 123 Å². The van der Waals surface area contributed by atoms with Crippen molar-refractivity contribution in [3.05, 3.63) is 0 Å². The molecule has 0 aromatic rings. The maximum atomic E-state index is 12.3.